The maximum Gasteiger partial charge on any atom is 0.395 e. The number of hydrogen-bond donors (Lipinski definition) is 0. The van der Waals surface area contributed by atoms with Crippen molar-refractivity contribution < 1.29 is 18.1 Å². The molecule has 22 heavy (non-hydrogen) atoms. The Labute approximate surface area is 138 Å². The first-order valence-corrected chi connectivity index (χ1v) is 14.2. The topological polar surface area (TPSA) is 48.0 Å². The summed E-state index contributed by atoms with van der Waals surface area (Å²) in [6.45, 7) is 15.7. The Kier molecular flexibility index (Phi) is 9.53. The summed E-state index contributed by atoms with van der Waals surface area (Å²) in [5.41, 5.74) is 0. The first-order valence-electron chi connectivity index (χ1n) is 8.29. The van der Waals surface area contributed by atoms with E-state index in [9.17, 15) is 4.79 Å². The molecule has 0 aromatic carbocycles. The molecule has 7 heteroatoms. The Balaban J connectivity index is 4.35. The van der Waals surface area contributed by atoms with Crippen LogP contribution in [-0.2, 0) is 13.3 Å². The van der Waals surface area contributed by atoms with Gasteiger partial charge in [0.15, 0.2) is 0 Å². The summed E-state index contributed by atoms with van der Waals surface area (Å²) in [6, 6.07) is 0.885. The number of hydrogen-bond acceptors (Lipinski definition) is 4. The zero-order valence-electron chi connectivity index (χ0n) is 15.7. The molecular weight excluding hydrogens is 314 g/mol. The van der Waals surface area contributed by atoms with E-state index in [0.717, 1.165) is 18.9 Å². The number of rotatable bonds is 10. The minimum Gasteiger partial charge on any atom is -0.504 e. The second kappa shape index (κ2) is 9.69. The molecule has 0 fully saturated rings. The minimum absolute atomic E-state index is 0.220. The van der Waals surface area contributed by atoms with Crippen molar-refractivity contribution in [3.05, 3.63) is 0 Å². The zero-order valence-corrected chi connectivity index (χ0v) is 17.7. The van der Waals surface area contributed by atoms with Crippen molar-refractivity contribution >= 4 is 23.0 Å². The van der Waals surface area contributed by atoms with E-state index in [1.807, 2.05) is 26.6 Å². The van der Waals surface area contributed by atoms with Crippen molar-refractivity contribution in [3.8, 4) is 0 Å². The first kappa shape index (κ1) is 21.6. The number of amides is 1. The van der Waals surface area contributed by atoms with Crippen LogP contribution in [0.25, 0.3) is 0 Å². The standard InChI is InChI=1S/C15H35NO4Si2/c1-9-14(3)19-22(8,18-10-2)13-11-12-16(4)15(17)20-21(5,6)7/h14H,9-13H2,1-8H3. The summed E-state index contributed by atoms with van der Waals surface area (Å²) in [4.78, 5) is 13.6. The van der Waals surface area contributed by atoms with Crippen LogP contribution in [0.1, 0.15) is 33.6 Å². The van der Waals surface area contributed by atoms with E-state index in [1.54, 1.807) is 11.9 Å². The normalized spacial score (nSPS) is 16.0. The van der Waals surface area contributed by atoms with E-state index in [1.165, 1.54) is 0 Å². The Morgan fingerprint density at radius 3 is 2.23 bits per heavy atom. The molecule has 0 N–H and O–H groups in total. The Morgan fingerprint density at radius 1 is 1.18 bits per heavy atom. The maximum atomic E-state index is 12.0. The molecule has 1 amide bonds. The molecule has 2 atom stereocenters. The summed E-state index contributed by atoms with van der Waals surface area (Å²) in [7, 11) is -2.19. The van der Waals surface area contributed by atoms with Gasteiger partial charge in [-0.3, -0.25) is 0 Å². The largest absolute Gasteiger partial charge is 0.504 e. The monoisotopic (exact) mass is 349 g/mol. The first-order chi connectivity index (χ1) is 10.0. The molecule has 0 aliphatic heterocycles. The number of nitrogens with zero attached hydrogens (tertiary/aromatic N) is 1. The maximum absolute atomic E-state index is 12.0. The Hall–Kier alpha value is -0.376. The third-order valence-corrected chi connectivity index (χ3v) is 7.15. The van der Waals surface area contributed by atoms with Crippen LogP contribution >= 0.6 is 0 Å². The highest BCUT2D eigenvalue weighted by Gasteiger charge is 2.32. The molecular formula is C15H35NO4Si2. The lowest BCUT2D eigenvalue weighted by molar-refractivity contribution is 0.126. The lowest BCUT2D eigenvalue weighted by atomic mass is 10.3. The summed E-state index contributed by atoms with van der Waals surface area (Å²) in [5, 5.41) is 0. The molecule has 0 aromatic heterocycles. The molecule has 0 heterocycles. The Bertz CT molecular complexity index is 336. The van der Waals surface area contributed by atoms with Crippen LogP contribution in [0, 0.1) is 0 Å². The van der Waals surface area contributed by atoms with E-state index in [2.05, 4.69) is 20.4 Å². The van der Waals surface area contributed by atoms with Gasteiger partial charge in [0, 0.05) is 26.3 Å². The number of carbonyl (C=O) groups is 1. The third-order valence-electron chi connectivity index (χ3n) is 3.30. The van der Waals surface area contributed by atoms with Crippen molar-refractivity contribution in [3.63, 3.8) is 0 Å². The summed E-state index contributed by atoms with van der Waals surface area (Å²) < 4.78 is 17.5. The second-order valence-corrected chi connectivity index (χ2v) is 14.6. The molecule has 0 rings (SSSR count). The van der Waals surface area contributed by atoms with Gasteiger partial charge in [0.25, 0.3) is 0 Å². The third kappa shape index (κ3) is 9.60. The van der Waals surface area contributed by atoms with Gasteiger partial charge >= 0.3 is 14.7 Å². The van der Waals surface area contributed by atoms with Gasteiger partial charge in [0.05, 0.1) is 0 Å². The molecule has 2 unspecified atom stereocenters. The SMILES string of the molecule is CCO[Si](C)(CCCN(C)C(=O)O[Si](C)(C)C)OC(C)CC. The zero-order chi connectivity index (χ0) is 17.4. The second-order valence-electron chi connectivity index (χ2n) is 6.91. The molecule has 5 nitrogen and oxygen atoms in total. The van der Waals surface area contributed by atoms with Gasteiger partial charge in [-0.15, -0.1) is 0 Å². The fourth-order valence-electron chi connectivity index (χ4n) is 2.05. The van der Waals surface area contributed by atoms with E-state index in [-0.39, 0.29) is 12.2 Å². The molecule has 0 aliphatic carbocycles. The van der Waals surface area contributed by atoms with Crippen LogP contribution in [0.2, 0.25) is 32.2 Å². The fourth-order valence-corrected chi connectivity index (χ4v) is 5.49. The van der Waals surface area contributed by atoms with Crippen LogP contribution < -0.4 is 0 Å². The van der Waals surface area contributed by atoms with Crippen molar-refractivity contribution in [1.29, 1.82) is 0 Å². The predicted octanol–water partition coefficient (Wildman–Crippen LogP) is 4.20. The smallest absolute Gasteiger partial charge is 0.395 e. The van der Waals surface area contributed by atoms with Crippen LogP contribution in [0.4, 0.5) is 4.79 Å². The minimum atomic E-state index is -2.15. The van der Waals surface area contributed by atoms with E-state index in [4.69, 9.17) is 13.3 Å². The molecule has 0 aromatic rings. The van der Waals surface area contributed by atoms with E-state index >= 15 is 0 Å². The van der Waals surface area contributed by atoms with E-state index < -0.39 is 16.9 Å². The van der Waals surface area contributed by atoms with Crippen molar-refractivity contribution in [2.75, 3.05) is 20.2 Å². The fraction of sp³-hybridized carbons (Fsp3) is 0.933. The predicted molar refractivity (Wildman–Crippen MR) is 96.0 cm³/mol. The summed E-state index contributed by atoms with van der Waals surface area (Å²) in [5.74, 6) is 0. The van der Waals surface area contributed by atoms with Gasteiger partial charge in [-0.1, -0.05) is 6.92 Å². The van der Waals surface area contributed by atoms with Gasteiger partial charge < -0.3 is 18.2 Å². The van der Waals surface area contributed by atoms with Gasteiger partial charge in [0.1, 0.15) is 0 Å². The average Bonchev–Trinajstić information content (AvgIpc) is 2.36. The van der Waals surface area contributed by atoms with Crippen LogP contribution in [0.5, 0.6) is 0 Å². The molecule has 0 saturated carbocycles. The molecule has 0 spiro atoms. The van der Waals surface area contributed by atoms with Gasteiger partial charge in [-0.05, 0) is 58.9 Å². The molecule has 0 saturated heterocycles. The van der Waals surface area contributed by atoms with Crippen molar-refractivity contribution in [1.82, 2.24) is 4.90 Å². The highest BCUT2D eigenvalue weighted by Crippen LogP contribution is 2.19. The number of carbonyl (C=O) groups excluding carboxylic acids is 1. The van der Waals surface area contributed by atoms with Crippen molar-refractivity contribution in [2.24, 2.45) is 0 Å². The summed E-state index contributed by atoms with van der Waals surface area (Å²) in [6.07, 6.45) is 1.86. The van der Waals surface area contributed by atoms with Gasteiger partial charge in [-0.25, -0.2) is 4.79 Å². The molecule has 0 aliphatic rings. The van der Waals surface area contributed by atoms with Crippen LogP contribution in [0.3, 0.4) is 0 Å². The van der Waals surface area contributed by atoms with Crippen LogP contribution in [0.15, 0.2) is 0 Å². The Morgan fingerprint density at radius 2 is 1.77 bits per heavy atom. The molecule has 0 bridgehead atoms. The van der Waals surface area contributed by atoms with Crippen LogP contribution in [-0.4, -0.2) is 54.2 Å². The lowest BCUT2D eigenvalue weighted by Crippen LogP contribution is -2.42. The quantitative estimate of drug-likeness (QED) is 0.555. The van der Waals surface area contributed by atoms with Gasteiger partial charge in [0.2, 0.25) is 8.32 Å². The highest BCUT2D eigenvalue weighted by molar-refractivity contribution is 6.71. The summed E-state index contributed by atoms with van der Waals surface area (Å²) >= 11 is 0. The van der Waals surface area contributed by atoms with Gasteiger partial charge in [-0.2, -0.15) is 0 Å². The average molecular weight is 350 g/mol. The lowest BCUT2D eigenvalue weighted by Gasteiger charge is -2.30. The molecule has 0 radical (unpaired) electrons. The van der Waals surface area contributed by atoms with Crippen molar-refractivity contribution in [2.45, 2.75) is 71.9 Å². The van der Waals surface area contributed by atoms with E-state index in [0.29, 0.717) is 13.2 Å². The molecule has 132 valence electrons. The highest BCUT2D eigenvalue weighted by atomic mass is 28.4.